The highest BCUT2D eigenvalue weighted by Gasteiger charge is 2.24. The SMILES string of the molecule is CC[C@@H](C)Oc1ccc(/C=C2/SC(=Nc3cccc(Cl)c3Cl)NC2=O)cc1Cl. The molecule has 0 spiro atoms. The molecule has 1 amide bonds. The molecule has 1 aliphatic heterocycles. The van der Waals surface area contributed by atoms with Crippen LogP contribution in [0.25, 0.3) is 6.08 Å². The number of hydrogen-bond acceptors (Lipinski definition) is 4. The van der Waals surface area contributed by atoms with Gasteiger partial charge in [0.1, 0.15) is 5.75 Å². The molecule has 1 saturated heterocycles. The Morgan fingerprint density at radius 1 is 1.21 bits per heavy atom. The van der Waals surface area contributed by atoms with Crippen molar-refractivity contribution in [3.05, 3.63) is 61.9 Å². The Kier molecular flexibility index (Phi) is 6.94. The Morgan fingerprint density at radius 2 is 2.00 bits per heavy atom. The fourth-order valence-electron chi connectivity index (χ4n) is 2.32. The molecular formula is C20H17Cl3N2O2S. The molecule has 28 heavy (non-hydrogen) atoms. The van der Waals surface area contributed by atoms with Crippen LogP contribution in [-0.4, -0.2) is 17.2 Å². The number of aliphatic imine (C=N–C) groups is 1. The number of carbonyl (C=O) groups excluding carboxylic acids is 1. The van der Waals surface area contributed by atoms with E-state index >= 15 is 0 Å². The van der Waals surface area contributed by atoms with Crippen molar-refractivity contribution in [1.29, 1.82) is 0 Å². The third-order valence-electron chi connectivity index (χ3n) is 3.96. The van der Waals surface area contributed by atoms with Gasteiger partial charge in [-0.05, 0) is 61.0 Å². The van der Waals surface area contributed by atoms with Gasteiger partial charge in [-0.15, -0.1) is 0 Å². The molecule has 0 saturated carbocycles. The Labute approximate surface area is 182 Å². The summed E-state index contributed by atoms with van der Waals surface area (Å²) in [5.74, 6) is 0.387. The predicted molar refractivity (Wildman–Crippen MR) is 119 cm³/mol. The van der Waals surface area contributed by atoms with Crippen LogP contribution in [0.1, 0.15) is 25.8 Å². The Bertz CT molecular complexity index is 976. The lowest BCUT2D eigenvalue weighted by Gasteiger charge is -2.14. The molecule has 1 N–H and O–H groups in total. The highest BCUT2D eigenvalue weighted by atomic mass is 35.5. The molecule has 1 aliphatic rings. The summed E-state index contributed by atoms with van der Waals surface area (Å²) in [5, 5.41) is 4.40. The van der Waals surface area contributed by atoms with Gasteiger partial charge in [0.15, 0.2) is 5.17 Å². The van der Waals surface area contributed by atoms with E-state index in [1.165, 1.54) is 11.8 Å². The molecule has 3 rings (SSSR count). The van der Waals surface area contributed by atoms with Gasteiger partial charge in [0.2, 0.25) is 0 Å². The summed E-state index contributed by atoms with van der Waals surface area (Å²) in [6.07, 6.45) is 2.72. The first-order chi connectivity index (χ1) is 13.4. The first kappa shape index (κ1) is 21.1. The highest BCUT2D eigenvalue weighted by Crippen LogP contribution is 2.35. The summed E-state index contributed by atoms with van der Waals surface area (Å²) in [6, 6.07) is 10.6. The van der Waals surface area contributed by atoms with Crippen molar-refractivity contribution in [2.45, 2.75) is 26.4 Å². The van der Waals surface area contributed by atoms with E-state index in [0.717, 1.165) is 12.0 Å². The number of hydrogen-bond donors (Lipinski definition) is 1. The molecule has 0 aliphatic carbocycles. The van der Waals surface area contributed by atoms with Gasteiger partial charge in [-0.2, -0.15) is 0 Å². The minimum absolute atomic E-state index is 0.0787. The molecule has 0 unspecified atom stereocenters. The fraction of sp³-hybridized carbons (Fsp3) is 0.200. The number of amides is 1. The Balaban J connectivity index is 1.80. The number of nitrogens with one attached hydrogen (secondary N) is 1. The third-order valence-corrected chi connectivity index (χ3v) is 5.98. The van der Waals surface area contributed by atoms with Gasteiger partial charge in [-0.25, -0.2) is 4.99 Å². The van der Waals surface area contributed by atoms with E-state index in [4.69, 9.17) is 39.5 Å². The standard InChI is InChI=1S/C20H17Cl3N2O2S/c1-3-11(2)27-16-8-7-12(9-14(16)22)10-17-19(26)25-20(28-17)24-15-6-4-5-13(21)18(15)23/h4-11H,3H2,1-2H3,(H,24,25,26)/b17-10+/t11-/m1/s1. The van der Waals surface area contributed by atoms with Crippen LogP contribution in [0, 0.1) is 0 Å². The minimum atomic E-state index is -0.238. The number of ether oxygens (including phenoxy) is 1. The van der Waals surface area contributed by atoms with Crippen molar-refractivity contribution in [1.82, 2.24) is 5.32 Å². The maximum atomic E-state index is 12.3. The van der Waals surface area contributed by atoms with Crippen LogP contribution in [0.4, 0.5) is 5.69 Å². The van der Waals surface area contributed by atoms with Gasteiger partial charge in [-0.1, -0.05) is 53.9 Å². The molecule has 0 aromatic heterocycles. The molecule has 2 aromatic rings. The molecule has 4 nitrogen and oxygen atoms in total. The maximum Gasteiger partial charge on any atom is 0.264 e. The van der Waals surface area contributed by atoms with E-state index in [2.05, 4.69) is 10.3 Å². The molecular weight excluding hydrogens is 439 g/mol. The summed E-state index contributed by atoms with van der Waals surface area (Å²) in [7, 11) is 0. The van der Waals surface area contributed by atoms with Crippen LogP contribution in [-0.2, 0) is 4.79 Å². The maximum absolute atomic E-state index is 12.3. The summed E-state index contributed by atoms with van der Waals surface area (Å²) < 4.78 is 5.77. The van der Waals surface area contributed by atoms with E-state index in [9.17, 15) is 4.79 Å². The van der Waals surface area contributed by atoms with Crippen LogP contribution in [0.2, 0.25) is 15.1 Å². The van der Waals surface area contributed by atoms with Crippen LogP contribution in [0.15, 0.2) is 46.3 Å². The summed E-state index contributed by atoms with van der Waals surface area (Å²) in [6.45, 7) is 4.03. The Hall–Kier alpha value is -1.66. The Morgan fingerprint density at radius 3 is 2.71 bits per heavy atom. The van der Waals surface area contributed by atoms with Crippen molar-refractivity contribution in [2.24, 2.45) is 4.99 Å². The molecule has 8 heteroatoms. The normalized spacial score (nSPS) is 17.8. The fourth-order valence-corrected chi connectivity index (χ4v) is 3.73. The number of rotatable bonds is 5. The van der Waals surface area contributed by atoms with E-state index in [-0.39, 0.29) is 12.0 Å². The largest absolute Gasteiger partial charge is 0.489 e. The van der Waals surface area contributed by atoms with E-state index < -0.39 is 0 Å². The molecule has 1 fully saturated rings. The van der Waals surface area contributed by atoms with Gasteiger partial charge >= 0.3 is 0 Å². The van der Waals surface area contributed by atoms with Gasteiger partial charge < -0.3 is 10.1 Å². The van der Waals surface area contributed by atoms with Crippen LogP contribution >= 0.6 is 46.6 Å². The summed E-state index contributed by atoms with van der Waals surface area (Å²) >= 11 is 19.7. The summed E-state index contributed by atoms with van der Waals surface area (Å²) in [5.41, 5.74) is 1.29. The van der Waals surface area contributed by atoms with Crippen molar-refractivity contribution in [3.63, 3.8) is 0 Å². The van der Waals surface area contributed by atoms with Gasteiger partial charge in [0.25, 0.3) is 5.91 Å². The third kappa shape index (κ3) is 5.03. The van der Waals surface area contributed by atoms with Crippen LogP contribution < -0.4 is 10.1 Å². The van der Waals surface area contributed by atoms with Gasteiger partial charge in [0, 0.05) is 0 Å². The van der Waals surface area contributed by atoms with Crippen molar-refractivity contribution < 1.29 is 9.53 Å². The number of thioether (sulfide) groups is 1. The number of nitrogens with zero attached hydrogens (tertiary/aromatic N) is 1. The van der Waals surface area contributed by atoms with E-state index in [0.29, 0.717) is 36.6 Å². The van der Waals surface area contributed by atoms with Gasteiger partial charge in [0.05, 0.1) is 31.8 Å². The predicted octanol–water partition coefficient (Wildman–Crippen LogP) is 6.72. The average molecular weight is 456 g/mol. The minimum Gasteiger partial charge on any atom is -0.489 e. The lowest BCUT2D eigenvalue weighted by atomic mass is 10.2. The van der Waals surface area contributed by atoms with Crippen molar-refractivity contribution in [2.75, 3.05) is 0 Å². The first-order valence-electron chi connectivity index (χ1n) is 8.57. The van der Waals surface area contributed by atoms with E-state index in [1.54, 1.807) is 36.4 Å². The topological polar surface area (TPSA) is 50.7 Å². The van der Waals surface area contributed by atoms with Crippen molar-refractivity contribution in [3.8, 4) is 5.75 Å². The zero-order valence-electron chi connectivity index (χ0n) is 15.1. The molecule has 1 heterocycles. The summed E-state index contributed by atoms with van der Waals surface area (Å²) in [4.78, 5) is 17.2. The highest BCUT2D eigenvalue weighted by molar-refractivity contribution is 8.18. The zero-order valence-corrected chi connectivity index (χ0v) is 18.2. The smallest absolute Gasteiger partial charge is 0.264 e. The first-order valence-corrected chi connectivity index (χ1v) is 10.5. The number of benzene rings is 2. The molecule has 2 aromatic carbocycles. The monoisotopic (exact) mass is 454 g/mol. The van der Waals surface area contributed by atoms with Gasteiger partial charge in [-0.3, -0.25) is 4.79 Å². The quantitative estimate of drug-likeness (QED) is 0.509. The second kappa shape index (κ2) is 9.23. The second-order valence-corrected chi connectivity index (χ2v) is 8.30. The second-order valence-electron chi connectivity index (χ2n) is 6.08. The molecule has 0 radical (unpaired) electrons. The zero-order chi connectivity index (χ0) is 20.3. The van der Waals surface area contributed by atoms with Crippen molar-refractivity contribution >= 4 is 69.4 Å². The van der Waals surface area contributed by atoms with Crippen LogP contribution in [0.3, 0.4) is 0 Å². The lowest BCUT2D eigenvalue weighted by molar-refractivity contribution is -0.115. The average Bonchev–Trinajstić information content (AvgIpc) is 3.00. The molecule has 0 bridgehead atoms. The van der Waals surface area contributed by atoms with Crippen LogP contribution in [0.5, 0.6) is 5.75 Å². The number of carbonyl (C=O) groups is 1. The molecule has 146 valence electrons. The van der Waals surface area contributed by atoms with E-state index in [1.807, 2.05) is 19.9 Å². The number of halogens is 3. The lowest BCUT2D eigenvalue weighted by Crippen LogP contribution is -2.19. The number of amidine groups is 1. The molecule has 1 atom stereocenters.